The van der Waals surface area contributed by atoms with Crippen LogP contribution in [0.2, 0.25) is 0 Å². The van der Waals surface area contributed by atoms with E-state index in [2.05, 4.69) is 29.1 Å². The first-order valence-corrected chi connectivity index (χ1v) is 8.80. The number of hydrogen-bond donors (Lipinski definition) is 1. The summed E-state index contributed by atoms with van der Waals surface area (Å²) in [5.74, 6) is 0.837. The first-order chi connectivity index (χ1) is 12.1. The number of halogens is 1. The van der Waals surface area contributed by atoms with Crippen LogP contribution < -0.4 is 10.2 Å². The highest BCUT2D eigenvalue weighted by Crippen LogP contribution is 2.29. The topological polar surface area (TPSA) is 57.8 Å². The van der Waals surface area contributed by atoms with Gasteiger partial charge in [-0.15, -0.1) is 0 Å². The Labute approximate surface area is 149 Å². The first kappa shape index (κ1) is 17.3. The van der Waals surface area contributed by atoms with Crippen LogP contribution in [0.4, 0.5) is 16.0 Å². The number of aliphatic imine (C=N–C) groups is 1. The summed E-state index contributed by atoms with van der Waals surface area (Å²) in [5, 5.41) is 3.16. The molecule has 130 valence electrons. The van der Waals surface area contributed by atoms with E-state index < -0.39 is 0 Å². The van der Waals surface area contributed by atoms with Gasteiger partial charge in [-0.1, -0.05) is 0 Å². The zero-order valence-corrected chi connectivity index (χ0v) is 14.8. The molecule has 1 aliphatic heterocycles. The molecule has 2 aromatic rings. The Hall–Kier alpha value is -2.54. The third-order valence-electron chi connectivity index (χ3n) is 3.67. The van der Waals surface area contributed by atoms with Gasteiger partial charge in [-0.05, 0) is 55.9 Å². The van der Waals surface area contributed by atoms with E-state index in [1.807, 2.05) is 12.1 Å². The number of amides is 1. The van der Waals surface area contributed by atoms with E-state index >= 15 is 0 Å². The maximum atomic E-state index is 12.9. The van der Waals surface area contributed by atoms with Gasteiger partial charge >= 0.3 is 0 Å². The Kier molecular flexibility index (Phi) is 5.23. The average molecular weight is 359 g/mol. The zero-order chi connectivity index (χ0) is 17.8. The van der Waals surface area contributed by atoms with Crippen LogP contribution in [0.3, 0.4) is 0 Å². The Morgan fingerprint density at radius 1 is 1.20 bits per heavy atom. The molecule has 1 aromatic heterocycles. The minimum atomic E-state index is -0.325. The number of thioether (sulfide) groups is 1. The van der Waals surface area contributed by atoms with E-state index in [0.29, 0.717) is 21.5 Å². The van der Waals surface area contributed by atoms with Gasteiger partial charge in [0.1, 0.15) is 11.6 Å². The van der Waals surface area contributed by atoms with E-state index in [1.54, 1.807) is 18.2 Å². The molecule has 7 heteroatoms. The van der Waals surface area contributed by atoms with Crippen LogP contribution in [-0.4, -0.2) is 24.2 Å². The summed E-state index contributed by atoms with van der Waals surface area (Å²) < 4.78 is 18.7. The van der Waals surface area contributed by atoms with Gasteiger partial charge in [0.25, 0.3) is 5.91 Å². The SMILES string of the molecule is CCN(CC)c1ccc(C=C2SC(=Nc3ccc(F)cc3)NC2=O)o1. The van der Waals surface area contributed by atoms with E-state index in [1.165, 1.54) is 23.9 Å². The number of amidine groups is 1. The lowest BCUT2D eigenvalue weighted by Crippen LogP contribution is -2.20. The molecule has 0 aliphatic carbocycles. The Balaban J connectivity index is 1.76. The highest BCUT2D eigenvalue weighted by Gasteiger charge is 2.24. The van der Waals surface area contributed by atoms with Gasteiger partial charge in [-0.2, -0.15) is 0 Å². The summed E-state index contributed by atoms with van der Waals surface area (Å²) in [4.78, 5) is 19.0. The van der Waals surface area contributed by atoms with Crippen LogP contribution in [0.15, 0.2) is 50.7 Å². The maximum absolute atomic E-state index is 12.9. The van der Waals surface area contributed by atoms with E-state index in [9.17, 15) is 9.18 Å². The van der Waals surface area contributed by atoms with E-state index in [-0.39, 0.29) is 11.7 Å². The smallest absolute Gasteiger partial charge is 0.264 e. The van der Waals surface area contributed by atoms with Crippen LogP contribution in [0.25, 0.3) is 6.08 Å². The largest absolute Gasteiger partial charge is 0.441 e. The molecule has 0 radical (unpaired) electrons. The standard InChI is InChI=1S/C18H18FN3O2S/c1-3-22(4-2)16-10-9-14(24-16)11-15-17(23)21-18(25-15)20-13-7-5-12(19)6-8-13/h5-11H,3-4H2,1-2H3,(H,20,21,23). The van der Waals surface area contributed by atoms with Crippen molar-refractivity contribution < 1.29 is 13.6 Å². The number of hydrogen-bond acceptors (Lipinski definition) is 5. The van der Waals surface area contributed by atoms with E-state index in [0.717, 1.165) is 19.0 Å². The number of anilines is 1. The Morgan fingerprint density at radius 2 is 1.92 bits per heavy atom. The molecule has 1 aliphatic rings. The van der Waals surface area contributed by atoms with Crippen molar-refractivity contribution >= 4 is 40.5 Å². The Morgan fingerprint density at radius 3 is 2.60 bits per heavy atom. The third-order valence-corrected chi connectivity index (χ3v) is 4.58. The average Bonchev–Trinajstić information content (AvgIpc) is 3.19. The lowest BCUT2D eigenvalue weighted by molar-refractivity contribution is -0.115. The van der Waals surface area contributed by atoms with Crippen molar-refractivity contribution in [3.63, 3.8) is 0 Å². The van der Waals surface area contributed by atoms with Crippen LogP contribution in [-0.2, 0) is 4.79 Å². The molecule has 3 rings (SSSR count). The summed E-state index contributed by atoms with van der Waals surface area (Å²) in [6, 6.07) is 9.50. The van der Waals surface area contributed by atoms with Crippen LogP contribution in [0.1, 0.15) is 19.6 Å². The predicted octanol–water partition coefficient (Wildman–Crippen LogP) is 4.16. The molecule has 1 amide bonds. The molecule has 25 heavy (non-hydrogen) atoms. The second-order valence-corrected chi connectivity index (χ2v) is 6.34. The molecule has 1 fully saturated rings. The van der Waals surface area contributed by atoms with Crippen molar-refractivity contribution in [3.05, 3.63) is 52.9 Å². The van der Waals surface area contributed by atoms with Gasteiger partial charge in [0.15, 0.2) is 11.1 Å². The van der Waals surface area contributed by atoms with Crippen molar-refractivity contribution in [2.24, 2.45) is 4.99 Å². The molecular weight excluding hydrogens is 341 g/mol. The second-order valence-electron chi connectivity index (χ2n) is 5.31. The fourth-order valence-electron chi connectivity index (χ4n) is 2.37. The number of nitrogens with one attached hydrogen (secondary N) is 1. The van der Waals surface area contributed by atoms with Crippen molar-refractivity contribution in [2.45, 2.75) is 13.8 Å². The number of benzene rings is 1. The van der Waals surface area contributed by atoms with Crippen molar-refractivity contribution in [2.75, 3.05) is 18.0 Å². The number of carbonyl (C=O) groups is 1. The minimum absolute atomic E-state index is 0.230. The number of carbonyl (C=O) groups excluding carboxylic acids is 1. The summed E-state index contributed by atoms with van der Waals surface area (Å²) in [7, 11) is 0. The highest BCUT2D eigenvalue weighted by atomic mass is 32.2. The second kappa shape index (κ2) is 7.57. The predicted molar refractivity (Wildman–Crippen MR) is 99.5 cm³/mol. The number of furan rings is 1. The summed E-state index contributed by atoms with van der Waals surface area (Å²) in [6.45, 7) is 5.82. The fourth-order valence-corrected chi connectivity index (χ4v) is 3.19. The maximum Gasteiger partial charge on any atom is 0.264 e. The molecule has 0 bridgehead atoms. The lowest BCUT2D eigenvalue weighted by Gasteiger charge is -2.16. The summed E-state index contributed by atoms with van der Waals surface area (Å²) in [6.07, 6.45) is 1.69. The molecule has 0 atom stereocenters. The van der Waals surface area contributed by atoms with Gasteiger partial charge in [-0.25, -0.2) is 9.38 Å². The van der Waals surface area contributed by atoms with E-state index in [4.69, 9.17) is 4.42 Å². The fraction of sp³-hybridized carbons (Fsp3) is 0.222. The number of rotatable bonds is 5. The molecule has 1 aromatic carbocycles. The molecular formula is C18H18FN3O2S. The quantitative estimate of drug-likeness (QED) is 0.815. The molecule has 2 heterocycles. The summed E-state index contributed by atoms with van der Waals surface area (Å²) >= 11 is 1.22. The minimum Gasteiger partial charge on any atom is -0.441 e. The summed E-state index contributed by atoms with van der Waals surface area (Å²) in [5.41, 5.74) is 0.576. The van der Waals surface area contributed by atoms with Crippen molar-refractivity contribution in [3.8, 4) is 0 Å². The third kappa shape index (κ3) is 4.11. The van der Waals surface area contributed by atoms with Crippen molar-refractivity contribution in [1.82, 2.24) is 5.32 Å². The van der Waals surface area contributed by atoms with Gasteiger partial charge in [0.2, 0.25) is 0 Å². The van der Waals surface area contributed by atoms with Crippen LogP contribution >= 0.6 is 11.8 Å². The molecule has 1 N–H and O–H groups in total. The Bertz CT molecular complexity index is 823. The van der Waals surface area contributed by atoms with Crippen molar-refractivity contribution in [1.29, 1.82) is 0 Å². The molecule has 1 saturated heterocycles. The van der Waals surface area contributed by atoms with Gasteiger partial charge in [0.05, 0.1) is 10.6 Å². The molecule has 0 saturated carbocycles. The first-order valence-electron chi connectivity index (χ1n) is 7.99. The van der Waals surface area contributed by atoms with Crippen LogP contribution in [0, 0.1) is 5.82 Å². The zero-order valence-electron chi connectivity index (χ0n) is 14.0. The van der Waals surface area contributed by atoms with Gasteiger partial charge in [-0.3, -0.25) is 4.79 Å². The lowest BCUT2D eigenvalue weighted by atomic mass is 10.3. The molecule has 5 nitrogen and oxygen atoms in total. The molecule has 0 unspecified atom stereocenters. The van der Waals surface area contributed by atoms with Gasteiger partial charge < -0.3 is 14.6 Å². The molecule has 0 spiro atoms. The van der Waals surface area contributed by atoms with Crippen LogP contribution in [0.5, 0.6) is 0 Å². The normalized spacial score (nSPS) is 17.3. The van der Waals surface area contributed by atoms with Gasteiger partial charge in [0, 0.05) is 25.2 Å². The highest BCUT2D eigenvalue weighted by molar-refractivity contribution is 8.18. The monoisotopic (exact) mass is 359 g/mol. The number of nitrogens with zero attached hydrogens (tertiary/aromatic N) is 2.